The SMILES string of the molecule is COc1cc(C2C3C(=O)NC(=O)C3ON2Cc2ccccc2)cc(OC)c1O. The molecule has 0 aromatic heterocycles. The average Bonchev–Trinajstić information content (AvgIpc) is 3.20. The molecule has 2 aliphatic heterocycles. The van der Waals surface area contributed by atoms with Crippen LogP contribution >= 0.6 is 0 Å². The topological polar surface area (TPSA) is 97.3 Å². The minimum absolute atomic E-state index is 0.134. The van der Waals surface area contributed by atoms with Crippen molar-refractivity contribution in [2.75, 3.05) is 14.2 Å². The Morgan fingerprint density at radius 2 is 1.71 bits per heavy atom. The maximum absolute atomic E-state index is 12.5. The molecule has 28 heavy (non-hydrogen) atoms. The van der Waals surface area contributed by atoms with E-state index in [1.807, 2.05) is 30.3 Å². The van der Waals surface area contributed by atoms with E-state index in [2.05, 4.69) is 5.32 Å². The average molecular weight is 384 g/mol. The Morgan fingerprint density at radius 1 is 1.07 bits per heavy atom. The van der Waals surface area contributed by atoms with Gasteiger partial charge in [-0.15, -0.1) is 0 Å². The van der Waals surface area contributed by atoms with E-state index in [4.69, 9.17) is 14.3 Å². The van der Waals surface area contributed by atoms with Crippen LogP contribution in [0, 0.1) is 5.92 Å². The zero-order valence-electron chi connectivity index (χ0n) is 15.4. The van der Waals surface area contributed by atoms with Crippen LogP contribution in [0.15, 0.2) is 42.5 Å². The maximum Gasteiger partial charge on any atom is 0.258 e. The van der Waals surface area contributed by atoms with Gasteiger partial charge in [0, 0.05) is 6.54 Å². The number of rotatable bonds is 5. The van der Waals surface area contributed by atoms with Crippen LogP contribution in [0.5, 0.6) is 17.2 Å². The fourth-order valence-electron chi connectivity index (χ4n) is 3.75. The molecule has 0 saturated carbocycles. The Labute approximate surface area is 161 Å². The molecule has 3 unspecified atom stereocenters. The summed E-state index contributed by atoms with van der Waals surface area (Å²) in [7, 11) is 2.86. The Hall–Kier alpha value is -3.10. The van der Waals surface area contributed by atoms with Gasteiger partial charge in [0.05, 0.1) is 26.2 Å². The van der Waals surface area contributed by atoms with Crippen molar-refractivity contribution in [1.82, 2.24) is 10.4 Å². The minimum atomic E-state index is -0.896. The lowest BCUT2D eigenvalue weighted by molar-refractivity contribution is -0.178. The van der Waals surface area contributed by atoms with E-state index in [9.17, 15) is 14.7 Å². The van der Waals surface area contributed by atoms with Gasteiger partial charge >= 0.3 is 0 Å². The Morgan fingerprint density at radius 3 is 2.32 bits per heavy atom. The number of methoxy groups -OCH3 is 2. The number of nitrogens with one attached hydrogen (secondary N) is 1. The summed E-state index contributed by atoms with van der Waals surface area (Å²) in [5.74, 6) is -1.26. The van der Waals surface area contributed by atoms with Crippen molar-refractivity contribution in [1.29, 1.82) is 0 Å². The Bertz CT molecular complexity index is 891. The number of aromatic hydroxyl groups is 1. The summed E-state index contributed by atoms with van der Waals surface area (Å²) in [5.41, 5.74) is 1.61. The molecular weight excluding hydrogens is 364 g/mol. The minimum Gasteiger partial charge on any atom is -0.502 e. The highest BCUT2D eigenvalue weighted by Gasteiger charge is 2.56. The third-order valence-corrected chi connectivity index (χ3v) is 5.06. The van der Waals surface area contributed by atoms with Crippen molar-refractivity contribution in [2.24, 2.45) is 5.92 Å². The van der Waals surface area contributed by atoms with E-state index in [-0.39, 0.29) is 23.2 Å². The number of hydrogen-bond donors (Lipinski definition) is 2. The maximum atomic E-state index is 12.5. The van der Waals surface area contributed by atoms with Crippen LogP contribution in [-0.2, 0) is 21.0 Å². The van der Waals surface area contributed by atoms with Gasteiger partial charge in [-0.1, -0.05) is 30.3 Å². The van der Waals surface area contributed by atoms with Gasteiger partial charge in [0.2, 0.25) is 11.7 Å². The molecule has 146 valence electrons. The van der Waals surface area contributed by atoms with Crippen LogP contribution in [0.25, 0.3) is 0 Å². The molecule has 2 aromatic rings. The van der Waals surface area contributed by atoms with Gasteiger partial charge in [0.1, 0.15) is 0 Å². The number of carbonyl (C=O) groups is 2. The van der Waals surface area contributed by atoms with Crippen molar-refractivity contribution in [3.8, 4) is 17.2 Å². The molecule has 2 aromatic carbocycles. The zero-order chi connectivity index (χ0) is 19.8. The van der Waals surface area contributed by atoms with Crippen LogP contribution in [-0.4, -0.2) is 42.3 Å². The van der Waals surface area contributed by atoms with Crippen LogP contribution in [0.2, 0.25) is 0 Å². The molecule has 3 atom stereocenters. The second-order valence-electron chi connectivity index (χ2n) is 6.68. The number of ether oxygens (including phenoxy) is 2. The summed E-state index contributed by atoms with van der Waals surface area (Å²) in [6, 6.07) is 12.3. The van der Waals surface area contributed by atoms with Crippen molar-refractivity contribution in [3.05, 3.63) is 53.6 Å². The Kier molecular flexibility index (Phi) is 4.66. The van der Waals surface area contributed by atoms with Crippen LogP contribution in [0.3, 0.4) is 0 Å². The fraction of sp³-hybridized carbons (Fsp3) is 0.300. The van der Waals surface area contributed by atoms with Gasteiger partial charge in [0.25, 0.3) is 5.91 Å². The van der Waals surface area contributed by atoms with E-state index < -0.39 is 24.0 Å². The second-order valence-corrected chi connectivity index (χ2v) is 6.68. The number of nitrogens with zero attached hydrogens (tertiary/aromatic N) is 1. The summed E-state index contributed by atoms with van der Waals surface area (Å²) in [4.78, 5) is 30.5. The summed E-state index contributed by atoms with van der Waals surface area (Å²) in [5, 5.41) is 14.2. The first-order chi connectivity index (χ1) is 13.5. The van der Waals surface area contributed by atoms with Gasteiger partial charge in [-0.3, -0.25) is 19.7 Å². The van der Waals surface area contributed by atoms with Gasteiger partial charge in [-0.2, -0.15) is 5.06 Å². The predicted molar refractivity (Wildman–Crippen MR) is 97.4 cm³/mol. The molecule has 4 rings (SSSR count). The van der Waals surface area contributed by atoms with Gasteiger partial charge in [-0.05, 0) is 23.3 Å². The molecule has 0 aliphatic carbocycles. The molecule has 2 fully saturated rings. The van der Waals surface area contributed by atoms with Crippen LogP contribution in [0.4, 0.5) is 0 Å². The molecule has 0 radical (unpaired) electrons. The second kappa shape index (κ2) is 7.14. The fourth-order valence-corrected chi connectivity index (χ4v) is 3.75. The predicted octanol–water partition coefficient (Wildman–Crippen LogP) is 1.54. The number of fused-ring (bicyclic) bond motifs is 1. The summed E-state index contributed by atoms with van der Waals surface area (Å²) in [6.45, 7) is 0.380. The van der Waals surface area contributed by atoms with Gasteiger partial charge in [0.15, 0.2) is 17.6 Å². The molecule has 0 bridgehead atoms. The molecule has 2 heterocycles. The van der Waals surface area contributed by atoms with Crippen molar-refractivity contribution in [2.45, 2.75) is 18.7 Å². The third kappa shape index (κ3) is 2.96. The number of carbonyl (C=O) groups excluding carboxylic acids is 2. The number of phenols is 1. The molecule has 2 saturated heterocycles. The van der Waals surface area contributed by atoms with Crippen molar-refractivity contribution in [3.63, 3.8) is 0 Å². The highest BCUT2D eigenvalue weighted by molar-refractivity contribution is 6.07. The first-order valence-corrected chi connectivity index (χ1v) is 8.80. The smallest absolute Gasteiger partial charge is 0.258 e. The molecular formula is C20H20N2O6. The highest BCUT2D eigenvalue weighted by atomic mass is 16.7. The normalized spacial score (nSPS) is 24.1. The monoisotopic (exact) mass is 384 g/mol. The molecule has 2 aliphatic rings. The Balaban J connectivity index is 1.78. The number of imide groups is 1. The van der Waals surface area contributed by atoms with Crippen LogP contribution in [0.1, 0.15) is 17.2 Å². The first-order valence-electron chi connectivity index (χ1n) is 8.80. The number of hydroxylamine groups is 2. The van der Waals surface area contributed by atoms with E-state index in [1.54, 1.807) is 17.2 Å². The molecule has 0 spiro atoms. The van der Waals surface area contributed by atoms with Gasteiger partial charge < -0.3 is 14.6 Å². The molecule has 2 amide bonds. The first kappa shape index (κ1) is 18.3. The molecule has 8 heteroatoms. The van der Waals surface area contributed by atoms with E-state index in [0.29, 0.717) is 12.1 Å². The standard InChI is InChI=1S/C20H20N2O6/c1-26-13-8-12(9-14(27-2)17(13)23)16-15-18(20(25)21-19(15)24)28-22(16)10-11-6-4-3-5-7-11/h3-9,15-16,18,23H,10H2,1-2H3,(H,21,24,25). The molecule has 8 nitrogen and oxygen atoms in total. The number of amides is 2. The van der Waals surface area contributed by atoms with Crippen LogP contribution < -0.4 is 14.8 Å². The van der Waals surface area contributed by atoms with E-state index >= 15 is 0 Å². The quantitative estimate of drug-likeness (QED) is 0.755. The lowest BCUT2D eigenvalue weighted by Gasteiger charge is -2.26. The zero-order valence-corrected chi connectivity index (χ0v) is 15.4. The highest BCUT2D eigenvalue weighted by Crippen LogP contribution is 2.47. The van der Waals surface area contributed by atoms with Crippen molar-refractivity contribution >= 4 is 11.8 Å². The number of benzene rings is 2. The van der Waals surface area contributed by atoms with E-state index in [0.717, 1.165) is 5.56 Å². The third-order valence-electron chi connectivity index (χ3n) is 5.06. The largest absolute Gasteiger partial charge is 0.502 e. The molecule has 2 N–H and O–H groups in total. The lowest BCUT2D eigenvalue weighted by atomic mass is 9.90. The summed E-state index contributed by atoms with van der Waals surface area (Å²) >= 11 is 0. The number of hydrogen-bond acceptors (Lipinski definition) is 7. The summed E-state index contributed by atoms with van der Waals surface area (Å²) in [6.07, 6.45) is -0.896. The summed E-state index contributed by atoms with van der Waals surface area (Å²) < 4.78 is 10.5. The lowest BCUT2D eigenvalue weighted by Crippen LogP contribution is -2.33. The van der Waals surface area contributed by atoms with Crippen molar-refractivity contribution < 1.29 is 29.0 Å². The van der Waals surface area contributed by atoms with Gasteiger partial charge in [-0.25, -0.2) is 0 Å². The number of phenolic OH excluding ortho intramolecular Hbond substituents is 1. The van der Waals surface area contributed by atoms with E-state index in [1.165, 1.54) is 14.2 Å².